The number of nitrogens with two attached hydrogens (primary N) is 1. The minimum Gasteiger partial charge on any atom is -0.409 e. The zero-order valence-corrected chi connectivity index (χ0v) is 10.7. The van der Waals surface area contributed by atoms with Gasteiger partial charge in [0, 0.05) is 19.0 Å². The van der Waals surface area contributed by atoms with Gasteiger partial charge < -0.3 is 20.6 Å². The Bertz CT molecular complexity index is 345. The highest BCUT2D eigenvalue weighted by atomic mass is 16.5. The van der Waals surface area contributed by atoms with Crippen molar-refractivity contribution in [1.29, 1.82) is 0 Å². The fraction of sp³-hybridized carbons (Fsp3) is 0.833. The van der Waals surface area contributed by atoms with Crippen molar-refractivity contribution in [3.05, 3.63) is 0 Å². The van der Waals surface area contributed by atoms with Gasteiger partial charge in [-0.3, -0.25) is 4.79 Å². The van der Waals surface area contributed by atoms with Gasteiger partial charge in [0.15, 0.2) is 0 Å². The van der Waals surface area contributed by atoms with Crippen LogP contribution in [0.15, 0.2) is 5.16 Å². The van der Waals surface area contributed by atoms with Crippen LogP contribution in [0, 0.1) is 11.8 Å². The Morgan fingerprint density at radius 3 is 2.89 bits per heavy atom. The molecule has 2 aliphatic rings. The number of nitrogens with zero attached hydrogens (tertiary/aromatic N) is 2. The minimum absolute atomic E-state index is 0.0209. The number of rotatable bonds is 2. The van der Waals surface area contributed by atoms with Gasteiger partial charge in [-0.15, -0.1) is 0 Å². The van der Waals surface area contributed by atoms with E-state index in [0.717, 1.165) is 25.8 Å². The molecule has 2 fully saturated rings. The first-order valence-electron chi connectivity index (χ1n) is 6.49. The second kappa shape index (κ2) is 5.56. The maximum Gasteiger partial charge on any atom is 0.228 e. The van der Waals surface area contributed by atoms with E-state index >= 15 is 0 Å². The number of ether oxygens (including phenoxy) is 1. The highest BCUT2D eigenvalue weighted by Crippen LogP contribution is 2.24. The topological polar surface area (TPSA) is 88.2 Å². The molecule has 1 amide bonds. The summed E-state index contributed by atoms with van der Waals surface area (Å²) in [5.74, 6) is 0.330. The van der Waals surface area contributed by atoms with Crippen LogP contribution in [-0.2, 0) is 9.53 Å². The van der Waals surface area contributed by atoms with E-state index in [1.165, 1.54) is 0 Å². The summed E-state index contributed by atoms with van der Waals surface area (Å²) in [4.78, 5) is 14.1. The summed E-state index contributed by atoms with van der Waals surface area (Å²) >= 11 is 0. The third-order valence-corrected chi connectivity index (χ3v) is 3.81. The molecule has 0 spiro atoms. The SMILES string of the molecule is CC1CC(C(=O)N2CCCC(C(N)=NO)C2)CO1. The fourth-order valence-electron chi connectivity index (χ4n) is 2.75. The van der Waals surface area contributed by atoms with Crippen LogP contribution in [0.5, 0.6) is 0 Å². The lowest BCUT2D eigenvalue weighted by Crippen LogP contribution is -2.46. The van der Waals surface area contributed by atoms with Gasteiger partial charge in [-0.1, -0.05) is 5.16 Å². The highest BCUT2D eigenvalue weighted by molar-refractivity contribution is 5.84. The second-order valence-corrected chi connectivity index (χ2v) is 5.22. The van der Waals surface area contributed by atoms with Crippen molar-refractivity contribution in [2.24, 2.45) is 22.7 Å². The van der Waals surface area contributed by atoms with Gasteiger partial charge in [0.05, 0.1) is 18.6 Å². The molecule has 3 unspecified atom stereocenters. The molecule has 2 saturated heterocycles. The van der Waals surface area contributed by atoms with Gasteiger partial charge in [0.1, 0.15) is 5.84 Å². The third-order valence-electron chi connectivity index (χ3n) is 3.81. The van der Waals surface area contributed by atoms with Crippen molar-refractivity contribution in [3.63, 3.8) is 0 Å². The monoisotopic (exact) mass is 255 g/mol. The van der Waals surface area contributed by atoms with Gasteiger partial charge in [0.25, 0.3) is 0 Å². The average Bonchev–Trinajstić information content (AvgIpc) is 2.83. The van der Waals surface area contributed by atoms with Crippen LogP contribution >= 0.6 is 0 Å². The van der Waals surface area contributed by atoms with E-state index in [-0.39, 0.29) is 29.7 Å². The fourth-order valence-corrected chi connectivity index (χ4v) is 2.75. The molecule has 102 valence electrons. The van der Waals surface area contributed by atoms with Crippen molar-refractivity contribution in [2.75, 3.05) is 19.7 Å². The molecule has 6 nitrogen and oxygen atoms in total. The zero-order chi connectivity index (χ0) is 13.1. The molecule has 2 aliphatic heterocycles. The first-order valence-corrected chi connectivity index (χ1v) is 6.49. The Balaban J connectivity index is 1.94. The summed E-state index contributed by atoms with van der Waals surface area (Å²) in [6, 6.07) is 0. The van der Waals surface area contributed by atoms with Crippen molar-refractivity contribution in [1.82, 2.24) is 4.90 Å². The van der Waals surface area contributed by atoms with Gasteiger partial charge >= 0.3 is 0 Å². The third kappa shape index (κ3) is 2.75. The largest absolute Gasteiger partial charge is 0.409 e. The predicted molar refractivity (Wildman–Crippen MR) is 66.2 cm³/mol. The summed E-state index contributed by atoms with van der Waals surface area (Å²) < 4.78 is 5.44. The molecule has 0 bridgehead atoms. The Labute approximate surface area is 107 Å². The smallest absolute Gasteiger partial charge is 0.228 e. The van der Waals surface area contributed by atoms with Crippen LogP contribution in [0.1, 0.15) is 26.2 Å². The molecular formula is C12H21N3O3. The van der Waals surface area contributed by atoms with E-state index in [1.807, 2.05) is 11.8 Å². The van der Waals surface area contributed by atoms with Crippen molar-refractivity contribution in [3.8, 4) is 0 Å². The maximum atomic E-state index is 12.3. The number of likely N-dealkylation sites (tertiary alicyclic amines) is 1. The Kier molecular flexibility index (Phi) is 4.06. The number of piperidine rings is 1. The Morgan fingerprint density at radius 1 is 1.50 bits per heavy atom. The van der Waals surface area contributed by atoms with Crippen molar-refractivity contribution >= 4 is 11.7 Å². The van der Waals surface area contributed by atoms with Crippen LogP contribution < -0.4 is 5.73 Å². The maximum absolute atomic E-state index is 12.3. The molecule has 0 aromatic rings. The number of amidine groups is 1. The summed E-state index contributed by atoms with van der Waals surface area (Å²) in [6.45, 7) is 3.83. The van der Waals surface area contributed by atoms with E-state index in [0.29, 0.717) is 13.2 Å². The van der Waals surface area contributed by atoms with Crippen LogP contribution in [0.3, 0.4) is 0 Å². The van der Waals surface area contributed by atoms with E-state index in [1.54, 1.807) is 0 Å². The molecule has 3 atom stereocenters. The van der Waals surface area contributed by atoms with Crippen LogP contribution in [0.2, 0.25) is 0 Å². The number of hydrogen-bond donors (Lipinski definition) is 2. The zero-order valence-electron chi connectivity index (χ0n) is 10.7. The van der Waals surface area contributed by atoms with Crippen LogP contribution in [0.25, 0.3) is 0 Å². The molecule has 2 heterocycles. The van der Waals surface area contributed by atoms with Gasteiger partial charge in [-0.2, -0.15) is 0 Å². The lowest BCUT2D eigenvalue weighted by atomic mass is 9.95. The van der Waals surface area contributed by atoms with Gasteiger partial charge in [0.2, 0.25) is 5.91 Å². The Hall–Kier alpha value is -1.30. The number of carbonyl (C=O) groups excluding carboxylic acids is 1. The lowest BCUT2D eigenvalue weighted by molar-refractivity contribution is -0.136. The number of hydrogen-bond acceptors (Lipinski definition) is 4. The summed E-state index contributed by atoms with van der Waals surface area (Å²) in [5.41, 5.74) is 5.62. The molecule has 6 heteroatoms. The standard InChI is InChI=1S/C12H21N3O3/c1-8-5-10(7-18-8)12(16)15-4-2-3-9(6-15)11(13)14-17/h8-10,17H,2-7H2,1H3,(H2,13,14). The van der Waals surface area contributed by atoms with Crippen molar-refractivity contribution in [2.45, 2.75) is 32.3 Å². The Morgan fingerprint density at radius 2 is 2.28 bits per heavy atom. The van der Waals surface area contributed by atoms with Gasteiger partial charge in [-0.05, 0) is 26.2 Å². The lowest BCUT2D eigenvalue weighted by Gasteiger charge is -2.33. The summed E-state index contributed by atoms with van der Waals surface area (Å²) in [6.07, 6.45) is 2.74. The summed E-state index contributed by atoms with van der Waals surface area (Å²) in [5, 5.41) is 11.7. The second-order valence-electron chi connectivity index (χ2n) is 5.22. The molecule has 0 aliphatic carbocycles. The van der Waals surface area contributed by atoms with E-state index in [2.05, 4.69) is 5.16 Å². The van der Waals surface area contributed by atoms with E-state index in [4.69, 9.17) is 15.7 Å². The number of oxime groups is 1. The molecule has 18 heavy (non-hydrogen) atoms. The first-order chi connectivity index (χ1) is 8.61. The molecule has 0 radical (unpaired) electrons. The predicted octanol–water partition coefficient (Wildman–Crippen LogP) is 0.396. The van der Waals surface area contributed by atoms with Crippen molar-refractivity contribution < 1.29 is 14.7 Å². The quantitative estimate of drug-likeness (QED) is 0.323. The molecule has 0 aromatic heterocycles. The molecule has 3 N–H and O–H groups in total. The van der Waals surface area contributed by atoms with Crippen LogP contribution in [-0.4, -0.2) is 47.7 Å². The van der Waals surface area contributed by atoms with Gasteiger partial charge in [-0.25, -0.2) is 0 Å². The van der Waals surface area contributed by atoms with E-state index < -0.39 is 0 Å². The van der Waals surface area contributed by atoms with Crippen LogP contribution in [0.4, 0.5) is 0 Å². The first kappa shape index (κ1) is 13.1. The average molecular weight is 255 g/mol. The molecule has 0 saturated carbocycles. The highest BCUT2D eigenvalue weighted by Gasteiger charge is 2.34. The minimum atomic E-state index is -0.0222. The molecule has 0 aromatic carbocycles. The van der Waals surface area contributed by atoms with E-state index in [9.17, 15) is 4.79 Å². The number of amides is 1. The normalized spacial score (nSPS) is 33.7. The summed E-state index contributed by atoms with van der Waals surface area (Å²) in [7, 11) is 0. The number of carbonyl (C=O) groups is 1. The molecular weight excluding hydrogens is 234 g/mol. The molecule has 2 rings (SSSR count).